The van der Waals surface area contributed by atoms with Gasteiger partial charge in [-0.2, -0.15) is 0 Å². The number of aromatic nitrogens is 2. The molecule has 2 rings (SSSR count). The highest BCUT2D eigenvalue weighted by molar-refractivity contribution is 5.90. The summed E-state index contributed by atoms with van der Waals surface area (Å²) in [6.45, 7) is 6.65. The number of unbranched alkanes of at least 4 members (excludes halogenated alkanes) is 5. The molecule has 29 heavy (non-hydrogen) atoms. The lowest BCUT2D eigenvalue weighted by Gasteiger charge is -2.14. The van der Waals surface area contributed by atoms with E-state index in [-0.39, 0.29) is 5.97 Å². The van der Waals surface area contributed by atoms with Gasteiger partial charge in [0.1, 0.15) is 0 Å². The molecular formula is C24H34N2O3. The van der Waals surface area contributed by atoms with Crippen LogP contribution in [0.3, 0.4) is 0 Å². The van der Waals surface area contributed by atoms with Crippen molar-refractivity contribution in [3.05, 3.63) is 47.8 Å². The Labute approximate surface area is 174 Å². The molecule has 158 valence electrons. The third kappa shape index (κ3) is 8.32. The van der Waals surface area contributed by atoms with Crippen molar-refractivity contribution in [3.63, 3.8) is 0 Å². The lowest BCUT2D eigenvalue weighted by atomic mass is 10.1. The molecule has 1 heterocycles. The molecule has 0 saturated carbocycles. The number of esters is 1. The van der Waals surface area contributed by atoms with Crippen molar-refractivity contribution in [2.24, 2.45) is 0 Å². The van der Waals surface area contributed by atoms with E-state index in [0.717, 1.165) is 24.8 Å². The molecule has 0 bridgehead atoms. The molecule has 0 aliphatic rings. The predicted octanol–water partition coefficient (Wildman–Crippen LogP) is 5.98. The van der Waals surface area contributed by atoms with Crippen LogP contribution in [0.25, 0.3) is 11.4 Å². The van der Waals surface area contributed by atoms with Gasteiger partial charge >= 0.3 is 5.97 Å². The Hall–Kier alpha value is -2.27. The molecule has 5 heteroatoms. The first-order chi connectivity index (χ1) is 14.1. The molecule has 0 radical (unpaired) electrons. The molecule has 0 aliphatic carbocycles. The number of aryl methyl sites for hydroxylation is 1. The molecule has 1 aromatic carbocycles. The van der Waals surface area contributed by atoms with Gasteiger partial charge in [-0.3, -0.25) is 0 Å². The third-order valence-corrected chi connectivity index (χ3v) is 4.78. The van der Waals surface area contributed by atoms with Crippen LogP contribution < -0.4 is 0 Å². The molecule has 0 spiro atoms. The van der Waals surface area contributed by atoms with Crippen molar-refractivity contribution in [3.8, 4) is 11.4 Å². The number of hydrogen-bond acceptors (Lipinski definition) is 5. The van der Waals surface area contributed by atoms with Gasteiger partial charge in [-0.1, -0.05) is 58.1 Å². The Morgan fingerprint density at radius 3 is 2.24 bits per heavy atom. The summed E-state index contributed by atoms with van der Waals surface area (Å²) in [6.07, 6.45) is 12.6. The molecule has 0 amide bonds. The second kappa shape index (κ2) is 13.0. The van der Waals surface area contributed by atoms with E-state index in [1.165, 1.54) is 37.7 Å². The van der Waals surface area contributed by atoms with E-state index < -0.39 is 6.29 Å². The molecule has 2 aromatic rings. The van der Waals surface area contributed by atoms with Crippen LogP contribution >= 0.6 is 0 Å². The number of rotatable bonds is 13. The first-order valence-corrected chi connectivity index (χ1v) is 10.9. The van der Waals surface area contributed by atoms with Crippen LogP contribution in [0.4, 0.5) is 0 Å². The summed E-state index contributed by atoms with van der Waals surface area (Å²) in [4.78, 5) is 21.2. The van der Waals surface area contributed by atoms with Gasteiger partial charge in [0, 0.05) is 18.0 Å². The molecule has 1 atom stereocenters. The SMILES string of the molecule is CCCCCCCc1cnc(-c2ccc(C(=O)OC(C)OCCCC)cc2)nc1. The Kier molecular flexibility index (Phi) is 10.4. The van der Waals surface area contributed by atoms with Crippen LogP contribution in [0.5, 0.6) is 0 Å². The topological polar surface area (TPSA) is 61.3 Å². The minimum Gasteiger partial charge on any atom is -0.432 e. The lowest BCUT2D eigenvalue weighted by molar-refractivity contribution is -0.0985. The van der Waals surface area contributed by atoms with Gasteiger partial charge in [0.25, 0.3) is 0 Å². The minimum atomic E-state index is -0.549. The van der Waals surface area contributed by atoms with E-state index >= 15 is 0 Å². The van der Waals surface area contributed by atoms with E-state index in [1.807, 2.05) is 24.5 Å². The lowest BCUT2D eigenvalue weighted by Crippen LogP contribution is -2.18. The summed E-state index contributed by atoms with van der Waals surface area (Å²) in [7, 11) is 0. The zero-order valence-corrected chi connectivity index (χ0v) is 18.0. The van der Waals surface area contributed by atoms with Crippen molar-refractivity contribution in [1.29, 1.82) is 0 Å². The Bertz CT molecular complexity index is 714. The number of benzene rings is 1. The highest BCUT2D eigenvalue weighted by Crippen LogP contribution is 2.17. The van der Waals surface area contributed by atoms with Crippen LogP contribution in [0.1, 0.15) is 81.6 Å². The number of hydrogen-bond donors (Lipinski definition) is 0. The normalized spacial score (nSPS) is 12.0. The average molecular weight is 399 g/mol. The molecular weight excluding hydrogens is 364 g/mol. The fourth-order valence-electron chi connectivity index (χ4n) is 2.97. The van der Waals surface area contributed by atoms with E-state index in [2.05, 4.69) is 23.8 Å². The summed E-state index contributed by atoms with van der Waals surface area (Å²) >= 11 is 0. The average Bonchev–Trinajstić information content (AvgIpc) is 2.74. The standard InChI is InChI=1S/C24H34N2O3/c1-4-6-8-9-10-11-20-17-25-23(26-18-20)21-12-14-22(15-13-21)24(27)29-19(3)28-16-7-5-2/h12-15,17-19H,4-11,16H2,1-3H3. The zero-order chi connectivity index (χ0) is 20.9. The number of carbonyl (C=O) groups is 1. The van der Waals surface area contributed by atoms with Gasteiger partial charge < -0.3 is 9.47 Å². The largest absolute Gasteiger partial charge is 0.432 e. The Morgan fingerprint density at radius 1 is 0.931 bits per heavy atom. The zero-order valence-electron chi connectivity index (χ0n) is 18.0. The monoisotopic (exact) mass is 398 g/mol. The van der Waals surface area contributed by atoms with Crippen LogP contribution in [0.2, 0.25) is 0 Å². The summed E-state index contributed by atoms with van der Waals surface area (Å²) in [5.74, 6) is 0.274. The molecule has 0 fully saturated rings. The Balaban J connectivity index is 1.85. The summed E-state index contributed by atoms with van der Waals surface area (Å²) in [6, 6.07) is 7.17. The second-order valence-corrected chi connectivity index (χ2v) is 7.35. The van der Waals surface area contributed by atoms with Crippen LogP contribution in [0.15, 0.2) is 36.7 Å². The molecule has 0 saturated heterocycles. The number of carbonyl (C=O) groups excluding carboxylic acids is 1. The predicted molar refractivity (Wildman–Crippen MR) is 116 cm³/mol. The van der Waals surface area contributed by atoms with Crippen LogP contribution in [-0.4, -0.2) is 28.8 Å². The fraction of sp³-hybridized carbons (Fsp3) is 0.542. The van der Waals surface area contributed by atoms with Gasteiger partial charge in [-0.25, -0.2) is 14.8 Å². The van der Waals surface area contributed by atoms with Gasteiger partial charge in [0.05, 0.1) is 12.2 Å². The van der Waals surface area contributed by atoms with E-state index in [0.29, 0.717) is 18.0 Å². The summed E-state index contributed by atoms with van der Waals surface area (Å²) in [5, 5.41) is 0. The van der Waals surface area contributed by atoms with Gasteiger partial charge in [-0.05, 0) is 43.9 Å². The second-order valence-electron chi connectivity index (χ2n) is 7.35. The van der Waals surface area contributed by atoms with Gasteiger partial charge in [-0.15, -0.1) is 0 Å². The number of ether oxygens (including phenoxy) is 2. The van der Waals surface area contributed by atoms with Crippen LogP contribution in [0, 0.1) is 0 Å². The van der Waals surface area contributed by atoms with Crippen molar-refractivity contribution in [1.82, 2.24) is 9.97 Å². The molecule has 0 aliphatic heterocycles. The fourth-order valence-corrected chi connectivity index (χ4v) is 2.97. The van der Waals surface area contributed by atoms with Crippen LogP contribution in [-0.2, 0) is 15.9 Å². The van der Waals surface area contributed by atoms with Crippen molar-refractivity contribution in [2.75, 3.05) is 6.61 Å². The van der Waals surface area contributed by atoms with Gasteiger partial charge in [0.15, 0.2) is 12.1 Å². The first kappa shape index (κ1) is 23.0. The van der Waals surface area contributed by atoms with Gasteiger partial charge in [0.2, 0.25) is 0 Å². The maximum Gasteiger partial charge on any atom is 0.340 e. The summed E-state index contributed by atoms with van der Waals surface area (Å²) < 4.78 is 10.8. The quantitative estimate of drug-likeness (QED) is 0.236. The van der Waals surface area contributed by atoms with Crippen molar-refractivity contribution >= 4 is 5.97 Å². The minimum absolute atomic E-state index is 0.389. The van der Waals surface area contributed by atoms with E-state index in [9.17, 15) is 4.79 Å². The highest BCUT2D eigenvalue weighted by Gasteiger charge is 2.12. The smallest absolute Gasteiger partial charge is 0.340 e. The highest BCUT2D eigenvalue weighted by atomic mass is 16.7. The summed E-state index contributed by atoms with van der Waals surface area (Å²) in [5.41, 5.74) is 2.54. The Morgan fingerprint density at radius 2 is 1.59 bits per heavy atom. The molecule has 0 N–H and O–H groups in total. The van der Waals surface area contributed by atoms with E-state index in [1.54, 1.807) is 19.1 Å². The van der Waals surface area contributed by atoms with Crippen molar-refractivity contribution < 1.29 is 14.3 Å². The van der Waals surface area contributed by atoms with E-state index in [4.69, 9.17) is 9.47 Å². The molecule has 1 unspecified atom stereocenters. The maximum atomic E-state index is 12.2. The number of nitrogens with zero attached hydrogens (tertiary/aromatic N) is 2. The first-order valence-electron chi connectivity index (χ1n) is 10.9. The molecule has 1 aromatic heterocycles. The molecule has 5 nitrogen and oxygen atoms in total. The maximum absolute atomic E-state index is 12.2. The van der Waals surface area contributed by atoms with Crippen molar-refractivity contribution in [2.45, 2.75) is 78.4 Å². The third-order valence-electron chi connectivity index (χ3n) is 4.78.